The molecule has 2 fully saturated rings. The molecule has 31 heavy (non-hydrogen) atoms. The van der Waals surface area contributed by atoms with Gasteiger partial charge in [-0.1, -0.05) is 56.9 Å². The number of ketones is 1. The van der Waals surface area contributed by atoms with E-state index in [2.05, 4.69) is 11.7 Å². The van der Waals surface area contributed by atoms with Crippen molar-refractivity contribution in [1.29, 1.82) is 0 Å². The topological polar surface area (TPSA) is 83.8 Å². The molecule has 176 valence electrons. The van der Waals surface area contributed by atoms with Gasteiger partial charge in [0.1, 0.15) is 5.78 Å². The summed E-state index contributed by atoms with van der Waals surface area (Å²) >= 11 is 0. The minimum Gasteiger partial charge on any atom is -0.469 e. The molecule has 0 bridgehead atoms. The average molecular weight is 435 g/mol. The Morgan fingerprint density at radius 1 is 1.23 bits per heavy atom. The molecular formula is C26H42O5. The van der Waals surface area contributed by atoms with Crippen LogP contribution in [0, 0.1) is 17.3 Å². The molecule has 4 atom stereocenters. The van der Waals surface area contributed by atoms with E-state index in [-0.39, 0.29) is 41.5 Å². The third-order valence-electron chi connectivity index (χ3n) is 7.29. The van der Waals surface area contributed by atoms with Crippen molar-refractivity contribution in [2.24, 2.45) is 17.3 Å². The van der Waals surface area contributed by atoms with Crippen LogP contribution < -0.4 is 0 Å². The highest BCUT2D eigenvalue weighted by Gasteiger charge is 2.40. The number of allylic oxidation sites excluding steroid dienone is 2. The molecule has 0 saturated heterocycles. The molecule has 0 heterocycles. The third kappa shape index (κ3) is 7.57. The van der Waals surface area contributed by atoms with Gasteiger partial charge < -0.3 is 14.9 Å². The predicted octanol–water partition coefficient (Wildman–Crippen LogP) is 4.90. The normalized spacial score (nSPS) is 27.2. The maximum Gasteiger partial charge on any atom is 0.305 e. The zero-order chi connectivity index (χ0) is 22.7. The fraction of sp³-hybridized carbons (Fsp3) is 0.769. The highest BCUT2D eigenvalue weighted by Crippen LogP contribution is 2.44. The lowest BCUT2D eigenvalue weighted by atomic mass is 9.67. The van der Waals surface area contributed by atoms with E-state index < -0.39 is 6.10 Å². The van der Waals surface area contributed by atoms with Crippen LogP contribution in [0.3, 0.4) is 0 Å². The minimum absolute atomic E-state index is 0.0355. The minimum atomic E-state index is -0.641. The first-order chi connectivity index (χ1) is 14.9. The summed E-state index contributed by atoms with van der Waals surface area (Å²) in [5.74, 6) is -0.493. The summed E-state index contributed by atoms with van der Waals surface area (Å²) in [6, 6.07) is 0. The summed E-state index contributed by atoms with van der Waals surface area (Å²) in [6.07, 6.45) is 18.3. The van der Waals surface area contributed by atoms with Crippen molar-refractivity contribution in [2.45, 2.75) is 103 Å². The number of Topliss-reactive ketones (excluding diaryl/α,β-unsaturated/α-hetero) is 1. The van der Waals surface area contributed by atoms with E-state index in [1.165, 1.54) is 26.4 Å². The average Bonchev–Trinajstić information content (AvgIpc) is 3.03. The van der Waals surface area contributed by atoms with Gasteiger partial charge in [-0.05, 0) is 50.4 Å². The maximum atomic E-state index is 12.4. The van der Waals surface area contributed by atoms with Crippen LogP contribution in [0.25, 0.3) is 0 Å². The van der Waals surface area contributed by atoms with E-state index in [1.807, 2.05) is 24.3 Å². The number of hydrogen-bond donors (Lipinski definition) is 2. The zero-order valence-electron chi connectivity index (χ0n) is 19.4. The molecule has 5 nitrogen and oxygen atoms in total. The quantitative estimate of drug-likeness (QED) is 0.259. The number of aliphatic hydroxyl groups is 2. The van der Waals surface area contributed by atoms with Crippen LogP contribution in [0.1, 0.15) is 90.4 Å². The van der Waals surface area contributed by atoms with Gasteiger partial charge in [0.25, 0.3) is 0 Å². The highest BCUT2D eigenvalue weighted by atomic mass is 16.5. The van der Waals surface area contributed by atoms with Crippen molar-refractivity contribution in [1.82, 2.24) is 0 Å². The number of carbonyl (C=O) groups is 2. The molecule has 0 spiro atoms. The van der Waals surface area contributed by atoms with E-state index in [1.54, 1.807) is 0 Å². The number of unbranched alkanes of at least 4 members (excludes halogenated alkanes) is 1. The van der Waals surface area contributed by atoms with Crippen LogP contribution >= 0.6 is 0 Å². The van der Waals surface area contributed by atoms with Crippen molar-refractivity contribution in [3.05, 3.63) is 24.3 Å². The number of rotatable bonds is 12. The third-order valence-corrected chi connectivity index (χ3v) is 7.29. The molecule has 2 aliphatic rings. The first kappa shape index (κ1) is 25.8. The molecule has 0 aromatic carbocycles. The van der Waals surface area contributed by atoms with Gasteiger partial charge in [0, 0.05) is 24.7 Å². The molecule has 0 aliphatic heterocycles. The van der Waals surface area contributed by atoms with Crippen LogP contribution in [0.2, 0.25) is 0 Å². The predicted molar refractivity (Wildman–Crippen MR) is 122 cm³/mol. The number of hydrogen-bond acceptors (Lipinski definition) is 5. The van der Waals surface area contributed by atoms with Crippen molar-refractivity contribution in [3.8, 4) is 0 Å². The van der Waals surface area contributed by atoms with Gasteiger partial charge in [0.15, 0.2) is 0 Å². The van der Waals surface area contributed by atoms with E-state index in [0.29, 0.717) is 19.3 Å². The Hall–Kier alpha value is -1.46. The first-order valence-corrected chi connectivity index (χ1v) is 12.2. The zero-order valence-corrected chi connectivity index (χ0v) is 19.4. The van der Waals surface area contributed by atoms with E-state index >= 15 is 0 Å². The Kier molecular flexibility index (Phi) is 11.0. The van der Waals surface area contributed by atoms with E-state index in [0.717, 1.165) is 38.5 Å². The number of ether oxygens (including phenoxy) is 1. The fourth-order valence-corrected chi connectivity index (χ4v) is 5.47. The number of carbonyl (C=O) groups excluding carboxylic acids is 2. The molecule has 2 saturated carbocycles. The molecule has 0 aromatic rings. The van der Waals surface area contributed by atoms with E-state index in [4.69, 9.17) is 0 Å². The van der Waals surface area contributed by atoms with Crippen LogP contribution in [0.5, 0.6) is 0 Å². The van der Waals surface area contributed by atoms with Crippen LogP contribution in [0.15, 0.2) is 24.3 Å². The van der Waals surface area contributed by atoms with Crippen LogP contribution in [-0.4, -0.2) is 41.3 Å². The summed E-state index contributed by atoms with van der Waals surface area (Å²) < 4.78 is 4.63. The SMILES string of the molecule is CCCC1(C(O)CC=C[C@H]2[C@H](O)CC(=O)[C@@H]2CC=CCCCC(=O)OC)CCCCC1. The molecule has 2 rings (SSSR count). The molecule has 0 radical (unpaired) electrons. The number of methoxy groups -OCH3 is 1. The van der Waals surface area contributed by atoms with Crippen molar-refractivity contribution >= 4 is 11.8 Å². The smallest absolute Gasteiger partial charge is 0.305 e. The van der Waals surface area contributed by atoms with Gasteiger partial charge in [-0.15, -0.1) is 0 Å². The van der Waals surface area contributed by atoms with Crippen LogP contribution in [0.4, 0.5) is 0 Å². The molecular weight excluding hydrogens is 392 g/mol. The number of aliphatic hydroxyl groups excluding tert-OH is 2. The molecule has 1 unspecified atom stereocenters. The molecule has 2 aliphatic carbocycles. The molecule has 0 aromatic heterocycles. The van der Waals surface area contributed by atoms with Crippen molar-refractivity contribution in [3.63, 3.8) is 0 Å². The standard InChI is InChI=1S/C26H42O5/c1-3-16-26(17-9-6-10-18-26)24(29)14-11-13-21-20(22(27)19-23(21)28)12-7-4-5-8-15-25(30)31-2/h4,7,11,13,20-21,23-24,28-29H,3,5-6,8-10,12,14-19H2,1-2H3/t20-,21-,23-,24?/m1/s1. The highest BCUT2D eigenvalue weighted by molar-refractivity contribution is 5.84. The summed E-state index contributed by atoms with van der Waals surface area (Å²) in [6.45, 7) is 2.19. The lowest BCUT2D eigenvalue weighted by Gasteiger charge is -2.41. The second-order valence-corrected chi connectivity index (χ2v) is 9.45. The fourth-order valence-electron chi connectivity index (χ4n) is 5.47. The Morgan fingerprint density at radius 2 is 1.97 bits per heavy atom. The van der Waals surface area contributed by atoms with E-state index in [9.17, 15) is 19.8 Å². The van der Waals surface area contributed by atoms with Gasteiger partial charge in [0.05, 0.1) is 19.3 Å². The summed E-state index contributed by atoms with van der Waals surface area (Å²) in [7, 11) is 1.39. The molecule has 5 heteroatoms. The summed E-state index contributed by atoms with van der Waals surface area (Å²) in [5, 5.41) is 21.4. The Labute approximate surface area is 187 Å². The maximum absolute atomic E-state index is 12.4. The Balaban J connectivity index is 1.88. The second-order valence-electron chi connectivity index (χ2n) is 9.45. The summed E-state index contributed by atoms with van der Waals surface area (Å²) in [5.41, 5.74) is 0.0355. The Morgan fingerprint density at radius 3 is 2.65 bits per heavy atom. The van der Waals surface area contributed by atoms with Crippen LogP contribution in [-0.2, 0) is 14.3 Å². The van der Waals surface area contributed by atoms with Gasteiger partial charge in [0.2, 0.25) is 0 Å². The molecule has 2 N–H and O–H groups in total. The Bertz CT molecular complexity index is 612. The van der Waals surface area contributed by atoms with Gasteiger partial charge in [-0.3, -0.25) is 9.59 Å². The summed E-state index contributed by atoms with van der Waals surface area (Å²) in [4.78, 5) is 23.5. The van der Waals surface area contributed by atoms with Gasteiger partial charge >= 0.3 is 5.97 Å². The number of esters is 1. The van der Waals surface area contributed by atoms with Crippen molar-refractivity contribution in [2.75, 3.05) is 7.11 Å². The second kappa shape index (κ2) is 13.2. The molecule has 0 amide bonds. The lowest BCUT2D eigenvalue weighted by molar-refractivity contribution is -0.140. The first-order valence-electron chi connectivity index (χ1n) is 12.2. The monoisotopic (exact) mass is 434 g/mol. The lowest BCUT2D eigenvalue weighted by Crippen LogP contribution is -2.37. The van der Waals surface area contributed by atoms with Gasteiger partial charge in [-0.25, -0.2) is 0 Å². The largest absolute Gasteiger partial charge is 0.469 e. The van der Waals surface area contributed by atoms with Crippen molar-refractivity contribution < 1.29 is 24.5 Å². The van der Waals surface area contributed by atoms with Gasteiger partial charge in [-0.2, -0.15) is 0 Å².